The maximum atomic E-state index is 13.2. The molecule has 3 N–H and O–H groups in total. The van der Waals surface area contributed by atoms with E-state index in [9.17, 15) is 19.5 Å². The standard InChI is InChI=1S/C28H32N2O5/c31-25(32)15-18-9-6-14-24(18)29-27(33)26(17-7-5-8-17)30-28(34)35-16-23-21-12-3-1-10-19(21)20-11-2-4-13-22(20)23/h1-4,10-13,17-18,23-24,26H,5-9,14-16H2,(H,29,33)(H,30,34)(H,31,32). The number of hydrogen-bond donors (Lipinski definition) is 3. The first-order valence-corrected chi connectivity index (χ1v) is 12.6. The molecule has 0 aliphatic heterocycles. The van der Waals surface area contributed by atoms with Crippen molar-refractivity contribution in [2.45, 2.75) is 62.9 Å². The summed E-state index contributed by atoms with van der Waals surface area (Å²) in [6, 6.07) is 15.5. The number of carboxylic acid groups (broad SMARTS) is 1. The van der Waals surface area contributed by atoms with Crippen molar-refractivity contribution in [3.05, 3.63) is 59.7 Å². The van der Waals surface area contributed by atoms with Crippen molar-refractivity contribution >= 4 is 18.0 Å². The van der Waals surface area contributed by atoms with Crippen molar-refractivity contribution < 1.29 is 24.2 Å². The van der Waals surface area contributed by atoms with E-state index in [1.54, 1.807) is 0 Å². The highest BCUT2D eigenvalue weighted by molar-refractivity contribution is 5.86. The molecule has 2 saturated carbocycles. The van der Waals surface area contributed by atoms with E-state index in [-0.39, 0.29) is 42.7 Å². The molecule has 3 aliphatic rings. The number of benzene rings is 2. The van der Waals surface area contributed by atoms with Crippen LogP contribution in [0.25, 0.3) is 11.1 Å². The van der Waals surface area contributed by atoms with Crippen molar-refractivity contribution in [1.29, 1.82) is 0 Å². The Morgan fingerprint density at radius 1 is 0.914 bits per heavy atom. The van der Waals surface area contributed by atoms with E-state index < -0.39 is 18.1 Å². The fourth-order valence-corrected chi connectivity index (χ4v) is 5.91. The second-order valence-electron chi connectivity index (χ2n) is 10.0. The topological polar surface area (TPSA) is 105 Å². The smallest absolute Gasteiger partial charge is 0.407 e. The van der Waals surface area contributed by atoms with Crippen LogP contribution in [0.3, 0.4) is 0 Å². The second kappa shape index (κ2) is 10.1. The maximum Gasteiger partial charge on any atom is 0.407 e. The largest absolute Gasteiger partial charge is 0.481 e. The lowest BCUT2D eigenvalue weighted by molar-refractivity contribution is -0.138. The summed E-state index contributed by atoms with van der Waals surface area (Å²) >= 11 is 0. The molecule has 184 valence electrons. The Bertz CT molecular complexity index is 1070. The first kappa shape index (κ1) is 23.4. The van der Waals surface area contributed by atoms with Crippen LogP contribution in [0.15, 0.2) is 48.5 Å². The summed E-state index contributed by atoms with van der Waals surface area (Å²) in [5.41, 5.74) is 4.61. The van der Waals surface area contributed by atoms with E-state index >= 15 is 0 Å². The molecule has 0 spiro atoms. The summed E-state index contributed by atoms with van der Waals surface area (Å²) in [4.78, 5) is 37.2. The highest BCUT2D eigenvalue weighted by Gasteiger charge is 2.38. The Hall–Kier alpha value is -3.35. The van der Waals surface area contributed by atoms with Gasteiger partial charge in [-0.3, -0.25) is 9.59 Å². The number of alkyl carbamates (subject to hydrolysis) is 1. The van der Waals surface area contributed by atoms with Gasteiger partial charge >= 0.3 is 12.1 Å². The van der Waals surface area contributed by atoms with Crippen LogP contribution in [0.2, 0.25) is 0 Å². The normalized spacial score (nSPS) is 21.9. The molecule has 7 heteroatoms. The van der Waals surface area contributed by atoms with Crippen LogP contribution in [-0.2, 0) is 14.3 Å². The van der Waals surface area contributed by atoms with Crippen molar-refractivity contribution in [2.75, 3.05) is 6.61 Å². The van der Waals surface area contributed by atoms with Crippen molar-refractivity contribution in [3.8, 4) is 11.1 Å². The highest BCUT2D eigenvalue weighted by atomic mass is 16.5. The molecule has 7 nitrogen and oxygen atoms in total. The third-order valence-corrected chi connectivity index (χ3v) is 7.94. The van der Waals surface area contributed by atoms with Crippen molar-refractivity contribution in [1.82, 2.24) is 10.6 Å². The summed E-state index contributed by atoms with van der Waals surface area (Å²) in [7, 11) is 0. The Balaban J connectivity index is 1.22. The predicted molar refractivity (Wildman–Crippen MR) is 131 cm³/mol. The zero-order valence-corrected chi connectivity index (χ0v) is 19.7. The van der Waals surface area contributed by atoms with Gasteiger partial charge in [0.25, 0.3) is 0 Å². The number of nitrogens with one attached hydrogen (secondary N) is 2. The molecule has 0 saturated heterocycles. The number of fused-ring (bicyclic) bond motifs is 3. The number of hydrogen-bond acceptors (Lipinski definition) is 4. The lowest BCUT2D eigenvalue weighted by atomic mass is 9.79. The molecule has 0 radical (unpaired) electrons. The van der Waals surface area contributed by atoms with Crippen molar-refractivity contribution in [3.63, 3.8) is 0 Å². The fraction of sp³-hybridized carbons (Fsp3) is 0.464. The molecule has 2 fully saturated rings. The summed E-state index contributed by atoms with van der Waals surface area (Å²) < 4.78 is 5.68. The Labute approximate surface area is 205 Å². The van der Waals surface area contributed by atoms with Gasteiger partial charge in [-0.15, -0.1) is 0 Å². The average molecular weight is 477 g/mol. The average Bonchev–Trinajstić information content (AvgIpc) is 3.37. The van der Waals surface area contributed by atoms with E-state index in [0.717, 1.165) is 60.8 Å². The number of carbonyl (C=O) groups excluding carboxylic acids is 2. The molecule has 0 aromatic heterocycles. The van der Waals surface area contributed by atoms with Crippen LogP contribution in [0.5, 0.6) is 0 Å². The van der Waals surface area contributed by atoms with Crippen LogP contribution >= 0.6 is 0 Å². The summed E-state index contributed by atoms with van der Waals surface area (Å²) in [5, 5.41) is 15.0. The number of aliphatic carboxylic acids is 1. The Kier molecular flexibility index (Phi) is 6.75. The Morgan fingerprint density at radius 3 is 2.14 bits per heavy atom. The number of ether oxygens (including phenoxy) is 1. The highest BCUT2D eigenvalue weighted by Crippen LogP contribution is 2.44. The van der Waals surface area contributed by atoms with Crippen LogP contribution < -0.4 is 10.6 Å². The van der Waals surface area contributed by atoms with E-state index in [0.29, 0.717) is 0 Å². The van der Waals surface area contributed by atoms with Gasteiger partial charge in [-0.05, 0) is 59.8 Å². The SMILES string of the molecule is O=C(O)CC1CCCC1NC(=O)C(NC(=O)OCC1c2ccccc2-c2ccccc21)C1CCC1. The minimum absolute atomic E-state index is 0.0422. The van der Waals surface area contributed by atoms with Gasteiger partial charge in [0, 0.05) is 12.0 Å². The number of amides is 2. The molecular formula is C28H32N2O5. The first-order valence-electron chi connectivity index (χ1n) is 12.6. The van der Waals surface area contributed by atoms with Gasteiger partial charge in [0.05, 0.1) is 6.42 Å². The number of carbonyl (C=O) groups is 3. The lowest BCUT2D eigenvalue weighted by Gasteiger charge is -2.34. The molecule has 2 aromatic rings. The van der Waals surface area contributed by atoms with Gasteiger partial charge in [0.15, 0.2) is 0 Å². The molecule has 0 bridgehead atoms. The summed E-state index contributed by atoms with van der Waals surface area (Å²) in [6.07, 6.45) is 4.72. The third-order valence-electron chi connectivity index (χ3n) is 7.94. The minimum Gasteiger partial charge on any atom is -0.481 e. The third kappa shape index (κ3) is 4.90. The van der Waals surface area contributed by atoms with Gasteiger partial charge in [-0.1, -0.05) is 61.4 Å². The van der Waals surface area contributed by atoms with Gasteiger partial charge in [-0.2, -0.15) is 0 Å². The van der Waals surface area contributed by atoms with Crippen LogP contribution in [0.4, 0.5) is 4.79 Å². The van der Waals surface area contributed by atoms with Gasteiger partial charge < -0.3 is 20.5 Å². The van der Waals surface area contributed by atoms with Gasteiger partial charge in [0.2, 0.25) is 5.91 Å². The van der Waals surface area contributed by atoms with Crippen LogP contribution in [0.1, 0.15) is 62.0 Å². The van der Waals surface area contributed by atoms with Gasteiger partial charge in [0.1, 0.15) is 12.6 Å². The second-order valence-corrected chi connectivity index (χ2v) is 10.0. The fourth-order valence-electron chi connectivity index (χ4n) is 5.91. The van der Waals surface area contributed by atoms with Crippen LogP contribution in [0, 0.1) is 11.8 Å². The number of rotatable bonds is 8. The predicted octanol–water partition coefficient (Wildman–Crippen LogP) is 4.45. The van der Waals surface area contributed by atoms with E-state index in [4.69, 9.17) is 4.74 Å². The minimum atomic E-state index is -0.844. The maximum absolute atomic E-state index is 13.2. The Morgan fingerprint density at radius 2 is 1.54 bits per heavy atom. The lowest BCUT2D eigenvalue weighted by Crippen LogP contribution is -2.55. The molecule has 2 amide bonds. The molecule has 0 heterocycles. The van der Waals surface area contributed by atoms with Crippen LogP contribution in [-0.4, -0.2) is 41.8 Å². The van der Waals surface area contributed by atoms with Crippen molar-refractivity contribution in [2.24, 2.45) is 11.8 Å². The zero-order chi connectivity index (χ0) is 24.4. The molecule has 35 heavy (non-hydrogen) atoms. The van der Waals surface area contributed by atoms with E-state index in [2.05, 4.69) is 34.9 Å². The molecule has 3 aliphatic carbocycles. The molecule has 5 rings (SSSR count). The quantitative estimate of drug-likeness (QED) is 0.522. The summed E-state index contributed by atoms with van der Waals surface area (Å²) in [5.74, 6) is -1.10. The molecule has 2 aromatic carbocycles. The zero-order valence-electron chi connectivity index (χ0n) is 19.7. The first-order chi connectivity index (χ1) is 17.0. The molecule has 3 unspecified atom stereocenters. The number of carboxylic acids is 1. The van der Waals surface area contributed by atoms with Gasteiger partial charge in [-0.25, -0.2) is 4.79 Å². The molecule has 3 atom stereocenters. The van der Waals surface area contributed by atoms with E-state index in [1.807, 2.05) is 24.3 Å². The monoisotopic (exact) mass is 476 g/mol. The van der Waals surface area contributed by atoms with E-state index in [1.165, 1.54) is 0 Å². The molecular weight excluding hydrogens is 444 g/mol. The summed E-state index contributed by atoms with van der Waals surface area (Å²) in [6.45, 7) is 0.197.